The number of aryl methyl sites for hydroxylation is 2. The van der Waals surface area contributed by atoms with E-state index in [0.717, 1.165) is 138 Å². The molecule has 2 saturated heterocycles. The number of benzene rings is 6. The third-order valence-electron chi connectivity index (χ3n) is 17.4. The van der Waals surface area contributed by atoms with Gasteiger partial charge in [0.05, 0.1) is 53.9 Å². The predicted octanol–water partition coefficient (Wildman–Crippen LogP) is 10.5. The molecule has 4 atom stereocenters. The Bertz CT molecular complexity index is 2730. The van der Waals surface area contributed by atoms with E-state index in [4.69, 9.17) is 28.4 Å². The van der Waals surface area contributed by atoms with Crippen LogP contribution in [0.4, 0.5) is 11.4 Å². The van der Waals surface area contributed by atoms with Crippen LogP contribution in [0.15, 0.2) is 133 Å². The Morgan fingerprint density at radius 2 is 0.942 bits per heavy atom. The number of fused-ring (bicyclic) bond motifs is 2. The van der Waals surface area contributed by atoms with E-state index in [-0.39, 0.29) is 0 Å². The summed E-state index contributed by atoms with van der Waals surface area (Å²) in [4.78, 5) is 9.70. The highest BCUT2D eigenvalue weighted by atomic mass is 16.5. The smallest absolute Gasteiger partial charge is 0.124 e. The molecule has 464 valence electrons. The molecule has 86 heavy (non-hydrogen) atoms. The van der Waals surface area contributed by atoms with Gasteiger partial charge < -0.3 is 69.3 Å². The highest BCUT2D eigenvalue weighted by Gasteiger charge is 2.28. The first-order chi connectivity index (χ1) is 42.2. The number of rotatable bonds is 30. The molecule has 4 aliphatic heterocycles. The summed E-state index contributed by atoms with van der Waals surface area (Å²) in [6.07, 6.45) is 8.81. The Balaban J connectivity index is 0.000000205. The van der Waals surface area contributed by atoms with E-state index in [1.165, 1.54) is 70.4 Å². The first-order valence-electron chi connectivity index (χ1n) is 32.0. The molecule has 0 aromatic heterocycles. The summed E-state index contributed by atoms with van der Waals surface area (Å²) in [5, 5.41) is 15.0. The van der Waals surface area contributed by atoms with Gasteiger partial charge in [0.2, 0.25) is 0 Å². The molecule has 14 nitrogen and oxygen atoms in total. The van der Waals surface area contributed by atoms with E-state index < -0.39 is 0 Å². The number of anilines is 2. The van der Waals surface area contributed by atoms with Crippen LogP contribution in [0.5, 0.6) is 23.0 Å². The van der Waals surface area contributed by atoms with E-state index in [0.29, 0.717) is 63.6 Å². The van der Waals surface area contributed by atoms with Crippen molar-refractivity contribution in [2.24, 2.45) is 0 Å². The Kier molecular flexibility index (Phi) is 25.7. The average Bonchev–Trinajstić information content (AvgIpc) is 2.73. The average molecular weight is 1170 g/mol. The van der Waals surface area contributed by atoms with Crippen LogP contribution < -0.4 is 50.0 Å². The number of hydrogen-bond donors (Lipinski definition) is 4. The van der Waals surface area contributed by atoms with E-state index in [1.807, 2.05) is 48.5 Å². The topological polar surface area (TPSA) is 116 Å². The van der Waals surface area contributed by atoms with Crippen molar-refractivity contribution in [1.29, 1.82) is 0 Å². The molecule has 4 aliphatic rings. The van der Waals surface area contributed by atoms with Crippen LogP contribution in [0.25, 0.3) is 0 Å². The maximum absolute atomic E-state index is 6.02. The number of piperidine rings is 2. The van der Waals surface area contributed by atoms with Crippen LogP contribution in [0.3, 0.4) is 0 Å². The molecule has 0 aliphatic carbocycles. The van der Waals surface area contributed by atoms with Crippen molar-refractivity contribution in [2.75, 3.05) is 144 Å². The molecular formula is C72H100N8O6. The second-order valence-corrected chi connectivity index (χ2v) is 24.2. The van der Waals surface area contributed by atoms with Crippen LogP contribution in [0.1, 0.15) is 94.9 Å². The first kappa shape index (κ1) is 64.3. The number of para-hydroxylation sites is 2. The van der Waals surface area contributed by atoms with Crippen LogP contribution >= 0.6 is 0 Å². The van der Waals surface area contributed by atoms with Crippen LogP contribution in [-0.2, 0) is 48.6 Å². The van der Waals surface area contributed by atoms with Gasteiger partial charge in [-0.2, -0.15) is 0 Å². The summed E-state index contributed by atoms with van der Waals surface area (Å²) in [5.74, 6) is 4.53. The van der Waals surface area contributed by atoms with Crippen molar-refractivity contribution < 1.29 is 28.4 Å². The summed E-state index contributed by atoms with van der Waals surface area (Å²) in [6, 6.07) is 48.4. The molecular weight excluding hydrogens is 1070 g/mol. The Labute approximate surface area is 515 Å². The van der Waals surface area contributed by atoms with Gasteiger partial charge in [0, 0.05) is 125 Å². The van der Waals surface area contributed by atoms with Crippen molar-refractivity contribution in [1.82, 2.24) is 31.1 Å². The number of ether oxygens (including phenoxy) is 6. The quantitative estimate of drug-likeness (QED) is 0.0321. The van der Waals surface area contributed by atoms with Gasteiger partial charge in [-0.1, -0.05) is 84.9 Å². The molecule has 6 aromatic rings. The third-order valence-corrected chi connectivity index (χ3v) is 17.4. The fourth-order valence-electron chi connectivity index (χ4n) is 12.5. The normalized spacial score (nSPS) is 18.5. The Morgan fingerprint density at radius 3 is 1.36 bits per heavy atom. The highest BCUT2D eigenvalue weighted by Crippen LogP contribution is 2.33. The van der Waals surface area contributed by atoms with Crippen LogP contribution in [0.2, 0.25) is 0 Å². The van der Waals surface area contributed by atoms with Crippen LogP contribution in [-0.4, -0.2) is 156 Å². The van der Waals surface area contributed by atoms with Gasteiger partial charge in [-0.15, -0.1) is 0 Å². The molecule has 4 N–H and O–H groups in total. The minimum absolute atomic E-state index is 0.391. The zero-order valence-electron chi connectivity index (χ0n) is 52.6. The zero-order valence-corrected chi connectivity index (χ0v) is 52.6. The number of nitrogens with one attached hydrogen (secondary N) is 4. The SMILES string of the molecule is COc1ccccc1COCCCOc1ccc([C@@H]2CCNC[C@@H]2NCc2ccc3c(c2)N(CCN(C)C)CCC3)cc1.COc1ccccc1COCCCOc1ccc([C@H]2CCNC[C@H]2NCc2ccc3c(c2)N(CCN(C)C)CCC3)cc1. The molecule has 0 spiro atoms. The number of nitrogens with zero attached hydrogens (tertiary/aromatic N) is 4. The lowest BCUT2D eigenvalue weighted by Crippen LogP contribution is -2.47. The largest absolute Gasteiger partial charge is 0.496 e. The molecule has 0 unspecified atom stereocenters. The molecule has 0 amide bonds. The minimum atomic E-state index is 0.391. The van der Waals surface area contributed by atoms with Crippen molar-refractivity contribution in [3.8, 4) is 23.0 Å². The second kappa shape index (κ2) is 34.4. The second-order valence-electron chi connectivity index (χ2n) is 24.2. The van der Waals surface area contributed by atoms with Gasteiger partial charge in [0.1, 0.15) is 23.0 Å². The monoisotopic (exact) mass is 1170 g/mol. The summed E-state index contributed by atoms with van der Waals surface area (Å²) in [7, 11) is 12.0. The molecule has 6 aromatic carbocycles. The maximum Gasteiger partial charge on any atom is 0.124 e. The number of methoxy groups -OCH3 is 2. The molecule has 10 rings (SSSR count). The number of hydrogen-bond acceptors (Lipinski definition) is 14. The van der Waals surface area contributed by atoms with E-state index >= 15 is 0 Å². The van der Waals surface area contributed by atoms with Gasteiger partial charge in [-0.05, 0) is 162 Å². The lowest BCUT2D eigenvalue weighted by molar-refractivity contribution is 0.105. The van der Waals surface area contributed by atoms with Crippen molar-refractivity contribution in [2.45, 2.75) is 102 Å². The zero-order chi connectivity index (χ0) is 59.7. The summed E-state index contributed by atoms with van der Waals surface area (Å²) in [6.45, 7) is 16.2. The summed E-state index contributed by atoms with van der Waals surface area (Å²) < 4.78 is 34.5. The van der Waals surface area contributed by atoms with E-state index in [9.17, 15) is 0 Å². The molecule has 0 saturated carbocycles. The molecule has 0 bridgehead atoms. The lowest BCUT2D eigenvalue weighted by atomic mass is 9.86. The summed E-state index contributed by atoms with van der Waals surface area (Å²) >= 11 is 0. The van der Waals surface area contributed by atoms with Gasteiger partial charge in [-0.3, -0.25) is 0 Å². The Hall–Kier alpha value is -6.20. The minimum Gasteiger partial charge on any atom is -0.496 e. The van der Waals surface area contributed by atoms with Crippen molar-refractivity contribution >= 4 is 11.4 Å². The first-order valence-corrected chi connectivity index (χ1v) is 32.0. The van der Waals surface area contributed by atoms with E-state index in [2.05, 4.69) is 154 Å². The highest BCUT2D eigenvalue weighted by molar-refractivity contribution is 5.58. The van der Waals surface area contributed by atoms with Crippen LogP contribution in [0, 0.1) is 0 Å². The molecule has 0 radical (unpaired) electrons. The van der Waals surface area contributed by atoms with Gasteiger partial charge in [-0.25, -0.2) is 0 Å². The fourth-order valence-corrected chi connectivity index (χ4v) is 12.5. The predicted molar refractivity (Wildman–Crippen MR) is 351 cm³/mol. The molecule has 14 heteroatoms. The molecule has 2 fully saturated rings. The maximum atomic E-state index is 6.02. The van der Waals surface area contributed by atoms with Crippen molar-refractivity contribution in [3.05, 3.63) is 178 Å². The van der Waals surface area contributed by atoms with E-state index in [1.54, 1.807) is 14.2 Å². The van der Waals surface area contributed by atoms with Gasteiger partial charge in [0.15, 0.2) is 0 Å². The Morgan fingerprint density at radius 1 is 0.512 bits per heavy atom. The number of likely N-dealkylation sites (N-methyl/N-ethyl adjacent to an activating group) is 2. The third kappa shape index (κ3) is 19.4. The van der Waals surface area contributed by atoms with Gasteiger partial charge in [0.25, 0.3) is 0 Å². The summed E-state index contributed by atoms with van der Waals surface area (Å²) in [5.41, 5.74) is 13.5. The standard InChI is InChI=1S/2C36H50N4O3/c2*1-39(2)20-21-40-19-6-9-30-12-11-28(24-35(30)40)25-38-34-26-37-18-17-33(34)29-13-15-32(16-14-29)43-23-7-22-42-27-31-8-4-5-10-36(31)41-3/h2*4-5,8,10-16,24,33-34,37-38H,6-7,9,17-23,25-27H2,1-3H3/t2*33-,34-/m10/s1. The van der Waals surface area contributed by atoms with Crippen molar-refractivity contribution in [3.63, 3.8) is 0 Å². The lowest BCUT2D eigenvalue weighted by Gasteiger charge is -2.34. The fraction of sp³-hybridized carbons (Fsp3) is 0.500. The molecule has 4 heterocycles. The van der Waals surface area contributed by atoms with Gasteiger partial charge >= 0.3 is 0 Å².